The minimum absolute atomic E-state index is 0.0259. The Hall–Kier alpha value is -2.93. The Morgan fingerprint density at radius 1 is 1.13 bits per heavy atom. The molecule has 0 saturated carbocycles. The summed E-state index contributed by atoms with van der Waals surface area (Å²) in [6, 6.07) is 17.2. The van der Waals surface area contributed by atoms with Crippen molar-refractivity contribution >= 4 is 6.03 Å². The summed E-state index contributed by atoms with van der Waals surface area (Å²) < 4.78 is 5.59. The van der Waals surface area contributed by atoms with Crippen LogP contribution in [0.25, 0.3) is 0 Å². The maximum Gasteiger partial charge on any atom is 0.316 e. The highest BCUT2D eigenvalue weighted by molar-refractivity contribution is 5.75. The molecular formula is C19H18N2O2. The van der Waals surface area contributed by atoms with E-state index in [0.29, 0.717) is 13.2 Å². The lowest BCUT2D eigenvalue weighted by Crippen LogP contribution is -2.39. The zero-order chi connectivity index (χ0) is 15.9. The van der Waals surface area contributed by atoms with Crippen LogP contribution >= 0.6 is 0 Å². The van der Waals surface area contributed by atoms with Crippen molar-refractivity contribution < 1.29 is 9.53 Å². The highest BCUT2D eigenvalue weighted by atomic mass is 16.5. The quantitative estimate of drug-likeness (QED) is 0.838. The van der Waals surface area contributed by atoms with E-state index in [4.69, 9.17) is 4.74 Å². The monoisotopic (exact) mass is 306 g/mol. The minimum Gasteiger partial charge on any atom is -0.493 e. The highest BCUT2D eigenvalue weighted by Crippen LogP contribution is 2.31. The summed E-state index contributed by atoms with van der Waals surface area (Å²) in [4.78, 5) is 12.0. The highest BCUT2D eigenvalue weighted by Gasteiger charge is 2.22. The summed E-state index contributed by atoms with van der Waals surface area (Å²) in [6.45, 7) is 0.918. The topological polar surface area (TPSA) is 50.4 Å². The molecule has 1 unspecified atom stereocenters. The Morgan fingerprint density at radius 2 is 1.91 bits per heavy atom. The number of hydrogen-bond donors (Lipinski definition) is 2. The van der Waals surface area contributed by atoms with Crippen molar-refractivity contribution in [2.24, 2.45) is 0 Å². The van der Waals surface area contributed by atoms with Crippen molar-refractivity contribution in [1.29, 1.82) is 0 Å². The standard InChI is InChI=1S/C19H18N2O2/c22-19(20-13-6-9-15-7-2-1-3-8-15)21-17-12-14-23-18-11-5-4-10-16(17)18/h1-5,7-8,10-11,17H,12-14H2,(H2,20,21,22). The normalized spacial score (nSPS) is 15.4. The Morgan fingerprint density at radius 3 is 2.78 bits per heavy atom. The number of carbonyl (C=O) groups excluding carboxylic acids is 1. The second-order valence-electron chi connectivity index (χ2n) is 5.22. The van der Waals surface area contributed by atoms with E-state index in [1.54, 1.807) is 0 Å². The van der Waals surface area contributed by atoms with Gasteiger partial charge in [0, 0.05) is 17.5 Å². The van der Waals surface area contributed by atoms with Crippen LogP contribution in [0.15, 0.2) is 54.6 Å². The van der Waals surface area contributed by atoms with Gasteiger partial charge in [-0.25, -0.2) is 4.79 Å². The number of urea groups is 1. The van der Waals surface area contributed by atoms with Gasteiger partial charge in [-0.3, -0.25) is 0 Å². The van der Waals surface area contributed by atoms with Crippen LogP contribution in [-0.2, 0) is 0 Å². The number of ether oxygens (including phenoxy) is 1. The summed E-state index contributed by atoms with van der Waals surface area (Å²) in [6.07, 6.45) is 0.764. The van der Waals surface area contributed by atoms with E-state index in [9.17, 15) is 4.79 Å². The Kier molecular flexibility index (Phi) is 4.80. The molecule has 4 heteroatoms. The average Bonchev–Trinajstić information content (AvgIpc) is 2.60. The maximum absolute atomic E-state index is 12.0. The van der Waals surface area contributed by atoms with Gasteiger partial charge < -0.3 is 15.4 Å². The van der Waals surface area contributed by atoms with Gasteiger partial charge >= 0.3 is 6.03 Å². The molecule has 1 atom stereocenters. The van der Waals surface area contributed by atoms with E-state index in [1.807, 2.05) is 54.6 Å². The van der Waals surface area contributed by atoms with Crippen molar-refractivity contribution in [2.75, 3.05) is 13.2 Å². The van der Waals surface area contributed by atoms with Gasteiger partial charge in [-0.05, 0) is 18.2 Å². The largest absolute Gasteiger partial charge is 0.493 e. The van der Waals surface area contributed by atoms with E-state index < -0.39 is 0 Å². The van der Waals surface area contributed by atoms with Gasteiger partial charge in [0.25, 0.3) is 0 Å². The molecule has 3 rings (SSSR count). The first-order chi connectivity index (χ1) is 11.3. The van der Waals surface area contributed by atoms with Crippen LogP contribution in [0.3, 0.4) is 0 Å². The molecule has 1 aliphatic rings. The molecule has 0 aliphatic carbocycles. The smallest absolute Gasteiger partial charge is 0.316 e. The van der Waals surface area contributed by atoms with Crippen LogP contribution in [0.4, 0.5) is 4.79 Å². The molecule has 2 amide bonds. The van der Waals surface area contributed by atoms with Crippen LogP contribution in [0, 0.1) is 11.8 Å². The summed E-state index contributed by atoms with van der Waals surface area (Å²) in [5, 5.41) is 5.74. The first-order valence-electron chi connectivity index (χ1n) is 7.63. The maximum atomic E-state index is 12.0. The fraction of sp³-hybridized carbons (Fsp3) is 0.211. The third-order valence-corrected chi connectivity index (χ3v) is 3.61. The zero-order valence-corrected chi connectivity index (χ0v) is 12.7. The third kappa shape index (κ3) is 4.04. The lowest BCUT2D eigenvalue weighted by atomic mass is 10.0. The Balaban J connectivity index is 1.52. The fourth-order valence-corrected chi connectivity index (χ4v) is 2.49. The molecule has 0 radical (unpaired) electrons. The number of carbonyl (C=O) groups is 1. The van der Waals surface area contributed by atoms with Gasteiger partial charge in [-0.1, -0.05) is 48.2 Å². The van der Waals surface area contributed by atoms with Crippen LogP contribution in [0.1, 0.15) is 23.6 Å². The van der Waals surface area contributed by atoms with Crippen LogP contribution in [0.5, 0.6) is 5.75 Å². The molecule has 23 heavy (non-hydrogen) atoms. The van der Waals surface area contributed by atoms with Gasteiger partial charge in [0.15, 0.2) is 0 Å². The van der Waals surface area contributed by atoms with Crippen molar-refractivity contribution in [3.05, 3.63) is 65.7 Å². The molecule has 2 N–H and O–H groups in total. The molecule has 0 bridgehead atoms. The van der Waals surface area contributed by atoms with Gasteiger partial charge in [-0.2, -0.15) is 0 Å². The molecule has 0 spiro atoms. The third-order valence-electron chi connectivity index (χ3n) is 3.61. The molecule has 2 aromatic carbocycles. The first-order valence-corrected chi connectivity index (χ1v) is 7.63. The summed E-state index contributed by atoms with van der Waals surface area (Å²) in [5.41, 5.74) is 1.96. The Labute approximate surface area is 135 Å². The van der Waals surface area contributed by atoms with E-state index in [-0.39, 0.29) is 12.1 Å². The first kappa shape index (κ1) is 15.0. The molecule has 0 aromatic heterocycles. The van der Waals surface area contributed by atoms with Gasteiger partial charge in [0.05, 0.1) is 19.2 Å². The molecule has 116 valence electrons. The second-order valence-corrected chi connectivity index (χ2v) is 5.22. The zero-order valence-electron chi connectivity index (χ0n) is 12.7. The van der Waals surface area contributed by atoms with Crippen molar-refractivity contribution in [3.63, 3.8) is 0 Å². The number of hydrogen-bond acceptors (Lipinski definition) is 2. The molecule has 0 saturated heterocycles. The van der Waals surface area contributed by atoms with Crippen molar-refractivity contribution in [3.8, 4) is 17.6 Å². The summed E-state index contributed by atoms with van der Waals surface area (Å²) in [7, 11) is 0. The number of rotatable bonds is 2. The second kappa shape index (κ2) is 7.37. The van der Waals surface area contributed by atoms with Crippen LogP contribution < -0.4 is 15.4 Å². The molecular weight excluding hydrogens is 288 g/mol. The molecule has 1 aliphatic heterocycles. The molecule has 2 aromatic rings. The lowest BCUT2D eigenvalue weighted by molar-refractivity contribution is 0.224. The summed E-state index contributed by atoms with van der Waals surface area (Å²) >= 11 is 0. The van der Waals surface area contributed by atoms with Crippen molar-refractivity contribution in [2.45, 2.75) is 12.5 Å². The predicted molar refractivity (Wildman–Crippen MR) is 89.1 cm³/mol. The number of fused-ring (bicyclic) bond motifs is 1. The SMILES string of the molecule is O=C(NCC#Cc1ccccc1)NC1CCOc2ccccc21. The van der Waals surface area contributed by atoms with Crippen LogP contribution in [-0.4, -0.2) is 19.2 Å². The van der Waals surface area contributed by atoms with E-state index in [2.05, 4.69) is 22.5 Å². The van der Waals surface area contributed by atoms with Gasteiger partial charge in [0.2, 0.25) is 0 Å². The van der Waals surface area contributed by atoms with Gasteiger partial charge in [-0.15, -0.1) is 0 Å². The average molecular weight is 306 g/mol. The van der Waals surface area contributed by atoms with E-state index >= 15 is 0 Å². The number of nitrogens with one attached hydrogen (secondary N) is 2. The van der Waals surface area contributed by atoms with Gasteiger partial charge in [0.1, 0.15) is 5.75 Å². The van der Waals surface area contributed by atoms with E-state index in [1.165, 1.54) is 0 Å². The lowest BCUT2D eigenvalue weighted by Gasteiger charge is -2.26. The fourth-order valence-electron chi connectivity index (χ4n) is 2.49. The molecule has 4 nitrogen and oxygen atoms in total. The summed E-state index contributed by atoms with van der Waals surface area (Å²) in [5.74, 6) is 6.79. The van der Waals surface area contributed by atoms with Crippen LogP contribution in [0.2, 0.25) is 0 Å². The minimum atomic E-state index is -0.214. The van der Waals surface area contributed by atoms with Crippen molar-refractivity contribution in [1.82, 2.24) is 10.6 Å². The number of amides is 2. The number of benzene rings is 2. The molecule has 0 fully saturated rings. The Bertz CT molecular complexity index is 732. The predicted octanol–water partition coefficient (Wildman–Crippen LogP) is 2.86. The number of para-hydroxylation sites is 1. The van der Waals surface area contributed by atoms with E-state index in [0.717, 1.165) is 23.3 Å². The molecule has 1 heterocycles.